The summed E-state index contributed by atoms with van der Waals surface area (Å²) in [4.78, 5) is 0. The van der Waals surface area contributed by atoms with E-state index in [0.717, 1.165) is 17.7 Å². The molecule has 0 fully saturated rings. The molecule has 0 bridgehead atoms. The highest BCUT2D eigenvalue weighted by atomic mass is 16.5. The Morgan fingerprint density at radius 3 is 2.29 bits per heavy atom. The fraction of sp³-hybridized carbons (Fsp3) is 0.333. The number of methoxy groups -OCH3 is 1. The average Bonchev–Trinajstić information content (AvgIpc) is 2.64. The summed E-state index contributed by atoms with van der Waals surface area (Å²) >= 11 is 0. The third-order valence-electron chi connectivity index (χ3n) is 4.27. The van der Waals surface area contributed by atoms with Gasteiger partial charge in [0, 0.05) is 5.92 Å². The lowest BCUT2D eigenvalue weighted by molar-refractivity contribution is -0.0218. The lowest BCUT2D eigenvalue weighted by Crippen LogP contribution is -2.32. The van der Waals surface area contributed by atoms with Crippen LogP contribution in [0.25, 0.3) is 0 Å². The van der Waals surface area contributed by atoms with Gasteiger partial charge >= 0.3 is 0 Å². The standard InChI is InChI=1S/C21H26O3/c1-4-21(22)20(14-17-8-6-5-7-9-17)16(2)24-15-18-10-12-19(23-3)13-11-18/h4-13,16,20-22H,1,14-15H2,2-3H3. The third-order valence-corrected chi connectivity index (χ3v) is 4.27. The second kappa shape index (κ2) is 9.26. The third kappa shape index (κ3) is 5.22. The van der Waals surface area contributed by atoms with Crippen molar-refractivity contribution >= 4 is 0 Å². The van der Waals surface area contributed by atoms with Crippen molar-refractivity contribution in [2.24, 2.45) is 5.92 Å². The van der Waals surface area contributed by atoms with Gasteiger partial charge in [0.25, 0.3) is 0 Å². The van der Waals surface area contributed by atoms with E-state index in [-0.39, 0.29) is 12.0 Å². The largest absolute Gasteiger partial charge is 0.497 e. The summed E-state index contributed by atoms with van der Waals surface area (Å²) < 4.78 is 11.2. The summed E-state index contributed by atoms with van der Waals surface area (Å²) in [5.74, 6) is 0.791. The number of benzene rings is 2. The molecule has 0 saturated carbocycles. The Morgan fingerprint density at radius 2 is 1.71 bits per heavy atom. The number of aliphatic hydroxyl groups excluding tert-OH is 1. The smallest absolute Gasteiger partial charge is 0.118 e. The summed E-state index contributed by atoms with van der Waals surface area (Å²) in [6, 6.07) is 18.0. The Bertz CT molecular complexity index is 607. The van der Waals surface area contributed by atoms with Crippen LogP contribution in [-0.2, 0) is 17.8 Å². The number of hydrogen-bond donors (Lipinski definition) is 1. The van der Waals surface area contributed by atoms with Crippen LogP contribution in [0, 0.1) is 5.92 Å². The molecule has 0 radical (unpaired) electrons. The number of hydrogen-bond acceptors (Lipinski definition) is 3. The number of ether oxygens (including phenoxy) is 2. The number of aliphatic hydroxyl groups is 1. The van der Waals surface area contributed by atoms with Crippen LogP contribution in [0.15, 0.2) is 67.3 Å². The minimum atomic E-state index is -0.601. The molecule has 0 aromatic heterocycles. The summed E-state index contributed by atoms with van der Waals surface area (Å²) in [5.41, 5.74) is 2.26. The molecule has 0 aliphatic heterocycles. The van der Waals surface area contributed by atoms with Crippen LogP contribution in [0.4, 0.5) is 0 Å². The van der Waals surface area contributed by atoms with Crippen molar-refractivity contribution in [3.05, 3.63) is 78.4 Å². The average molecular weight is 326 g/mol. The zero-order valence-electron chi connectivity index (χ0n) is 14.4. The van der Waals surface area contributed by atoms with Crippen LogP contribution in [0.3, 0.4) is 0 Å². The topological polar surface area (TPSA) is 38.7 Å². The molecule has 3 heteroatoms. The van der Waals surface area contributed by atoms with Gasteiger partial charge in [0.05, 0.1) is 25.9 Å². The monoisotopic (exact) mass is 326 g/mol. The Labute approximate surface area is 144 Å². The van der Waals surface area contributed by atoms with Crippen LogP contribution < -0.4 is 4.74 Å². The molecule has 0 aliphatic carbocycles. The molecule has 2 rings (SSSR count). The van der Waals surface area contributed by atoms with Gasteiger partial charge in [-0.3, -0.25) is 0 Å². The van der Waals surface area contributed by atoms with Gasteiger partial charge < -0.3 is 14.6 Å². The van der Waals surface area contributed by atoms with Crippen LogP contribution in [0.1, 0.15) is 18.1 Å². The van der Waals surface area contributed by atoms with E-state index in [1.54, 1.807) is 13.2 Å². The molecule has 3 unspecified atom stereocenters. The molecule has 2 aromatic rings. The van der Waals surface area contributed by atoms with Gasteiger partial charge in [-0.1, -0.05) is 48.5 Å². The minimum Gasteiger partial charge on any atom is -0.497 e. The molecule has 1 N–H and O–H groups in total. The molecule has 3 atom stereocenters. The highest BCUT2D eigenvalue weighted by Crippen LogP contribution is 2.21. The first-order valence-electron chi connectivity index (χ1n) is 8.23. The van der Waals surface area contributed by atoms with Crippen molar-refractivity contribution in [2.75, 3.05) is 7.11 Å². The maximum Gasteiger partial charge on any atom is 0.118 e. The summed E-state index contributed by atoms with van der Waals surface area (Å²) in [6.07, 6.45) is 1.63. The van der Waals surface area contributed by atoms with E-state index >= 15 is 0 Å². The lowest BCUT2D eigenvalue weighted by atomic mass is 9.89. The quantitative estimate of drug-likeness (QED) is 0.708. The van der Waals surface area contributed by atoms with E-state index in [1.165, 1.54) is 5.56 Å². The molecular formula is C21H26O3. The molecule has 128 valence electrons. The maximum atomic E-state index is 10.3. The molecule has 0 aliphatic rings. The van der Waals surface area contributed by atoms with Gasteiger partial charge in [-0.2, -0.15) is 0 Å². The molecule has 0 spiro atoms. The summed E-state index contributed by atoms with van der Waals surface area (Å²) in [7, 11) is 1.65. The summed E-state index contributed by atoms with van der Waals surface area (Å²) in [6.45, 7) is 6.23. The first kappa shape index (κ1) is 18.2. The van der Waals surface area contributed by atoms with E-state index < -0.39 is 6.10 Å². The molecule has 0 saturated heterocycles. The second-order valence-electron chi connectivity index (χ2n) is 5.94. The second-order valence-corrected chi connectivity index (χ2v) is 5.94. The van der Waals surface area contributed by atoms with Crippen LogP contribution in [0.2, 0.25) is 0 Å². The van der Waals surface area contributed by atoms with Gasteiger partial charge in [0.2, 0.25) is 0 Å². The Morgan fingerprint density at radius 1 is 1.04 bits per heavy atom. The predicted octanol–water partition coefficient (Wildman–Crippen LogP) is 4.01. The zero-order valence-corrected chi connectivity index (χ0v) is 14.4. The normalized spacial score (nSPS) is 14.6. The van der Waals surface area contributed by atoms with Gasteiger partial charge in [0.15, 0.2) is 0 Å². The molecule has 0 heterocycles. The van der Waals surface area contributed by atoms with Crippen LogP contribution in [-0.4, -0.2) is 24.4 Å². The lowest BCUT2D eigenvalue weighted by Gasteiger charge is -2.27. The molecule has 2 aromatic carbocycles. The van der Waals surface area contributed by atoms with Crippen LogP contribution in [0.5, 0.6) is 5.75 Å². The SMILES string of the molecule is C=CC(O)C(Cc1ccccc1)C(C)OCc1ccc(OC)cc1. The minimum absolute atomic E-state index is 0.0388. The predicted molar refractivity (Wildman–Crippen MR) is 97.1 cm³/mol. The molecule has 3 nitrogen and oxygen atoms in total. The van der Waals surface area contributed by atoms with Crippen LogP contribution >= 0.6 is 0 Å². The summed E-state index contributed by atoms with van der Waals surface area (Å²) in [5, 5.41) is 10.3. The molecular weight excluding hydrogens is 300 g/mol. The first-order chi connectivity index (χ1) is 11.6. The van der Waals surface area contributed by atoms with Gasteiger partial charge in [0.1, 0.15) is 5.75 Å². The van der Waals surface area contributed by atoms with E-state index in [1.807, 2.05) is 49.4 Å². The zero-order chi connectivity index (χ0) is 17.4. The fourth-order valence-electron chi connectivity index (χ4n) is 2.70. The number of rotatable bonds is 9. The van der Waals surface area contributed by atoms with E-state index in [0.29, 0.717) is 6.61 Å². The van der Waals surface area contributed by atoms with Crippen molar-refractivity contribution in [2.45, 2.75) is 32.2 Å². The highest BCUT2D eigenvalue weighted by Gasteiger charge is 2.24. The highest BCUT2D eigenvalue weighted by molar-refractivity contribution is 5.26. The van der Waals surface area contributed by atoms with Gasteiger partial charge in [-0.05, 0) is 36.6 Å². The van der Waals surface area contributed by atoms with Crippen molar-refractivity contribution in [1.29, 1.82) is 0 Å². The van der Waals surface area contributed by atoms with Gasteiger partial charge in [-0.15, -0.1) is 6.58 Å². The van der Waals surface area contributed by atoms with Gasteiger partial charge in [-0.25, -0.2) is 0 Å². The maximum absolute atomic E-state index is 10.3. The van der Waals surface area contributed by atoms with Crippen molar-refractivity contribution in [3.8, 4) is 5.75 Å². The van der Waals surface area contributed by atoms with E-state index in [4.69, 9.17) is 9.47 Å². The Balaban J connectivity index is 1.98. The Kier molecular flexibility index (Phi) is 7.04. The van der Waals surface area contributed by atoms with Crippen molar-refractivity contribution in [1.82, 2.24) is 0 Å². The Hall–Kier alpha value is -2.10. The molecule has 0 amide bonds. The first-order valence-corrected chi connectivity index (χ1v) is 8.23. The van der Waals surface area contributed by atoms with Crippen molar-refractivity contribution < 1.29 is 14.6 Å². The van der Waals surface area contributed by atoms with E-state index in [9.17, 15) is 5.11 Å². The van der Waals surface area contributed by atoms with Crippen molar-refractivity contribution in [3.63, 3.8) is 0 Å². The molecule has 24 heavy (non-hydrogen) atoms. The fourth-order valence-corrected chi connectivity index (χ4v) is 2.70. The van der Waals surface area contributed by atoms with E-state index in [2.05, 4.69) is 18.7 Å².